The van der Waals surface area contributed by atoms with Crippen molar-refractivity contribution >= 4 is 16.9 Å². The van der Waals surface area contributed by atoms with Gasteiger partial charge in [0, 0.05) is 6.54 Å². The Morgan fingerprint density at radius 3 is 2.16 bits per heavy atom. The number of methoxy groups -OCH3 is 3. The number of aryl methyl sites for hydroxylation is 2. The first kappa shape index (κ1) is 24.4. The van der Waals surface area contributed by atoms with Crippen LogP contribution in [0, 0.1) is 19.7 Å². The van der Waals surface area contributed by atoms with Gasteiger partial charge in [-0.15, -0.1) is 0 Å². The number of carbonyl (C=O) groups is 1. The van der Waals surface area contributed by atoms with E-state index in [1.165, 1.54) is 33.5 Å². The van der Waals surface area contributed by atoms with E-state index in [-0.39, 0.29) is 29.1 Å². The number of carbonyl (C=O) groups excluding carboxylic acids is 1. The van der Waals surface area contributed by atoms with Crippen LogP contribution in [0.2, 0.25) is 0 Å². The minimum atomic E-state index is -0.803. The van der Waals surface area contributed by atoms with Crippen molar-refractivity contribution in [3.8, 4) is 17.2 Å². The lowest BCUT2D eigenvalue weighted by molar-refractivity contribution is 0.0714. The second-order valence-electron chi connectivity index (χ2n) is 9.05. The van der Waals surface area contributed by atoms with E-state index < -0.39 is 11.9 Å². The van der Waals surface area contributed by atoms with Crippen molar-refractivity contribution < 1.29 is 27.8 Å². The van der Waals surface area contributed by atoms with Crippen molar-refractivity contribution in [3.63, 3.8) is 0 Å². The van der Waals surface area contributed by atoms with E-state index >= 15 is 0 Å². The average Bonchev–Trinajstić information content (AvgIpc) is 3.16. The molecule has 1 aliphatic rings. The molecule has 0 saturated heterocycles. The van der Waals surface area contributed by atoms with Gasteiger partial charge < -0.3 is 23.5 Å². The lowest BCUT2D eigenvalue weighted by atomic mass is 9.96. The van der Waals surface area contributed by atoms with Gasteiger partial charge in [0.2, 0.25) is 11.5 Å². The van der Waals surface area contributed by atoms with E-state index in [1.54, 1.807) is 35.2 Å². The summed E-state index contributed by atoms with van der Waals surface area (Å²) in [5, 5.41) is 0.408. The third kappa shape index (κ3) is 3.98. The number of halogens is 1. The molecule has 2 heterocycles. The normalized spacial score (nSPS) is 14.7. The number of ether oxygens (including phenoxy) is 3. The molecule has 190 valence electrons. The molecule has 1 aromatic heterocycles. The molecule has 3 aromatic carbocycles. The molecule has 37 heavy (non-hydrogen) atoms. The number of hydrogen-bond donors (Lipinski definition) is 0. The molecule has 0 saturated carbocycles. The number of nitrogens with zero attached hydrogens (tertiary/aromatic N) is 1. The molecule has 0 spiro atoms. The van der Waals surface area contributed by atoms with Gasteiger partial charge in [-0.3, -0.25) is 9.59 Å². The van der Waals surface area contributed by atoms with Crippen molar-refractivity contribution in [2.45, 2.75) is 26.4 Å². The third-order valence-electron chi connectivity index (χ3n) is 6.67. The largest absolute Gasteiger partial charge is 0.493 e. The Bertz CT molecular complexity index is 1570. The van der Waals surface area contributed by atoms with Crippen LogP contribution in [0.25, 0.3) is 11.0 Å². The molecule has 0 bridgehead atoms. The summed E-state index contributed by atoms with van der Waals surface area (Å²) in [4.78, 5) is 29.3. The second kappa shape index (κ2) is 9.28. The quantitative estimate of drug-likeness (QED) is 0.354. The Kier molecular flexibility index (Phi) is 6.11. The van der Waals surface area contributed by atoms with Crippen molar-refractivity contribution in [1.29, 1.82) is 0 Å². The maximum Gasteiger partial charge on any atom is 0.291 e. The van der Waals surface area contributed by atoms with Gasteiger partial charge in [0.15, 0.2) is 16.9 Å². The maximum atomic E-state index is 14.0. The third-order valence-corrected chi connectivity index (χ3v) is 6.67. The smallest absolute Gasteiger partial charge is 0.291 e. The molecule has 0 aliphatic carbocycles. The maximum absolute atomic E-state index is 14.0. The van der Waals surface area contributed by atoms with Gasteiger partial charge in [-0.2, -0.15) is 0 Å². The van der Waals surface area contributed by atoms with Crippen molar-refractivity contribution in [1.82, 2.24) is 4.90 Å². The zero-order valence-corrected chi connectivity index (χ0v) is 21.2. The first-order valence-corrected chi connectivity index (χ1v) is 11.7. The highest BCUT2D eigenvalue weighted by Gasteiger charge is 2.43. The standard InChI is InChI=1S/C29H26FNO6/c1-15-10-16(2)26-20(11-15)25(32)23-24(18-12-21(34-3)27(36-5)22(13-18)35-4)31(29(33)28(23)37-26)14-17-6-8-19(30)9-7-17/h6-13,24H,14H2,1-5H3. The van der Waals surface area contributed by atoms with Crippen molar-refractivity contribution in [2.24, 2.45) is 0 Å². The molecule has 1 unspecified atom stereocenters. The number of rotatable bonds is 6. The van der Waals surface area contributed by atoms with Gasteiger partial charge in [-0.1, -0.05) is 18.2 Å². The summed E-state index contributed by atoms with van der Waals surface area (Å²) >= 11 is 0. The number of benzene rings is 3. The highest BCUT2D eigenvalue weighted by Crippen LogP contribution is 2.45. The average molecular weight is 504 g/mol. The Balaban J connectivity index is 1.78. The van der Waals surface area contributed by atoms with Gasteiger partial charge in [-0.05, 0) is 66.4 Å². The number of fused-ring (bicyclic) bond motifs is 2. The fraction of sp³-hybridized carbons (Fsp3) is 0.241. The van der Waals surface area contributed by atoms with Crippen LogP contribution >= 0.6 is 0 Å². The van der Waals surface area contributed by atoms with Crippen LogP contribution in [0.4, 0.5) is 4.39 Å². The predicted octanol–water partition coefficient (Wildman–Crippen LogP) is 5.32. The summed E-state index contributed by atoms with van der Waals surface area (Å²) in [6.45, 7) is 3.87. The zero-order valence-electron chi connectivity index (χ0n) is 21.2. The summed E-state index contributed by atoms with van der Waals surface area (Å²) in [6.07, 6.45) is 0. The molecule has 0 N–H and O–H groups in total. The Morgan fingerprint density at radius 2 is 1.57 bits per heavy atom. The van der Waals surface area contributed by atoms with Crippen molar-refractivity contribution in [3.05, 3.63) is 98.1 Å². The molecule has 5 rings (SSSR count). The summed E-state index contributed by atoms with van der Waals surface area (Å²) in [5.41, 5.74) is 3.30. The van der Waals surface area contributed by atoms with E-state index in [1.807, 2.05) is 19.9 Å². The summed E-state index contributed by atoms with van der Waals surface area (Å²) in [6, 6.07) is 12.2. The molecular weight excluding hydrogens is 477 g/mol. The molecule has 0 fully saturated rings. The molecule has 8 heteroatoms. The SMILES string of the molecule is COc1cc(C2c3c(oc4c(C)cc(C)cc4c3=O)C(=O)N2Cc2ccc(F)cc2)cc(OC)c1OC. The zero-order chi connectivity index (χ0) is 26.4. The molecular formula is C29H26FNO6. The van der Waals surface area contributed by atoms with Crippen LogP contribution in [-0.4, -0.2) is 32.1 Å². The summed E-state index contributed by atoms with van der Waals surface area (Å²) in [5.74, 6) is 0.338. The molecule has 1 aliphatic heterocycles. The highest BCUT2D eigenvalue weighted by molar-refractivity contribution is 5.99. The fourth-order valence-electron chi connectivity index (χ4n) is 5.03. The molecule has 1 atom stereocenters. The van der Waals surface area contributed by atoms with Crippen LogP contribution in [0.1, 0.15) is 44.4 Å². The number of amides is 1. The molecule has 4 aromatic rings. The second-order valence-corrected chi connectivity index (χ2v) is 9.05. The predicted molar refractivity (Wildman–Crippen MR) is 136 cm³/mol. The van der Waals surface area contributed by atoms with Crippen molar-refractivity contribution in [2.75, 3.05) is 21.3 Å². The molecule has 7 nitrogen and oxygen atoms in total. The van der Waals surface area contributed by atoms with Crippen LogP contribution in [0.3, 0.4) is 0 Å². The van der Waals surface area contributed by atoms with E-state index in [0.29, 0.717) is 39.3 Å². The number of hydrogen-bond acceptors (Lipinski definition) is 6. The van der Waals surface area contributed by atoms with Gasteiger partial charge >= 0.3 is 0 Å². The lowest BCUT2D eigenvalue weighted by Crippen LogP contribution is -2.29. The van der Waals surface area contributed by atoms with E-state index in [9.17, 15) is 14.0 Å². The van der Waals surface area contributed by atoms with Crippen LogP contribution in [0.5, 0.6) is 17.2 Å². The van der Waals surface area contributed by atoms with E-state index in [0.717, 1.165) is 11.1 Å². The van der Waals surface area contributed by atoms with E-state index in [4.69, 9.17) is 18.6 Å². The Hall–Kier alpha value is -4.33. The molecule has 0 radical (unpaired) electrons. The lowest BCUT2D eigenvalue weighted by Gasteiger charge is -2.26. The molecule has 1 amide bonds. The monoisotopic (exact) mass is 503 g/mol. The van der Waals surface area contributed by atoms with Gasteiger partial charge in [-0.25, -0.2) is 4.39 Å². The van der Waals surface area contributed by atoms with Crippen LogP contribution in [-0.2, 0) is 6.54 Å². The Labute approximate surface area is 213 Å². The minimum Gasteiger partial charge on any atom is -0.493 e. The van der Waals surface area contributed by atoms with Gasteiger partial charge in [0.25, 0.3) is 5.91 Å². The highest BCUT2D eigenvalue weighted by atomic mass is 19.1. The topological polar surface area (TPSA) is 78.2 Å². The minimum absolute atomic E-state index is 0.00897. The Morgan fingerprint density at radius 1 is 0.919 bits per heavy atom. The summed E-state index contributed by atoms with van der Waals surface area (Å²) < 4.78 is 36.3. The fourth-order valence-corrected chi connectivity index (χ4v) is 5.03. The summed E-state index contributed by atoms with van der Waals surface area (Å²) in [7, 11) is 4.50. The first-order valence-electron chi connectivity index (χ1n) is 11.7. The van der Waals surface area contributed by atoms with Crippen LogP contribution < -0.4 is 19.6 Å². The van der Waals surface area contributed by atoms with Crippen LogP contribution in [0.15, 0.2) is 57.7 Å². The van der Waals surface area contributed by atoms with Gasteiger partial charge in [0.05, 0.1) is 38.3 Å². The van der Waals surface area contributed by atoms with Gasteiger partial charge in [0.1, 0.15) is 11.4 Å². The first-order chi connectivity index (χ1) is 17.8. The van der Waals surface area contributed by atoms with E-state index in [2.05, 4.69) is 0 Å².